The van der Waals surface area contributed by atoms with Gasteiger partial charge in [0, 0.05) is 13.1 Å². The van der Waals surface area contributed by atoms with Crippen molar-refractivity contribution < 1.29 is 23.9 Å². The number of amides is 1. The van der Waals surface area contributed by atoms with Crippen molar-refractivity contribution in [1.29, 1.82) is 0 Å². The van der Waals surface area contributed by atoms with Crippen LogP contribution in [0.25, 0.3) is 0 Å². The zero-order valence-electron chi connectivity index (χ0n) is 11.1. The summed E-state index contributed by atoms with van der Waals surface area (Å²) < 4.78 is 15.6. The van der Waals surface area contributed by atoms with E-state index in [1.165, 1.54) is 0 Å². The fourth-order valence-electron chi connectivity index (χ4n) is 1.07. The van der Waals surface area contributed by atoms with Crippen LogP contribution in [0, 0.1) is 0 Å². The van der Waals surface area contributed by atoms with E-state index in [4.69, 9.17) is 14.5 Å². The molecule has 1 amide bonds. The summed E-state index contributed by atoms with van der Waals surface area (Å²) in [6.45, 7) is 6.66. The topological polar surface area (TPSA) is 108 Å². The molecule has 0 atom stereocenters. The fourth-order valence-corrected chi connectivity index (χ4v) is 1.52. The van der Waals surface area contributed by atoms with Crippen molar-refractivity contribution in [3.8, 4) is 0 Å². The third kappa shape index (κ3) is 13.4. The van der Waals surface area contributed by atoms with E-state index in [-0.39, 0.29) is 12.7 Å². The number of carbonyl (C=O) groups excluding carboxylic acids is 1. The molecule has 0 aromatic heterocycles. The van der Waals surface area contributed by atoms with E-state index in [9.17, 15) is 9.36 Å². The summed E-state index contributed by atoms with van der Waals surface area (Å²) in [5, 5.41) is 5.47. The van der Waals surface area contributed by atoms with Gasteiger partial charge in [-0.2, -0.15) is 0 Å². The highest BCUT2D eigenvalue weighted by Crippen LogP contribution is 2.32. The van der Waals surface area contributed by atoms with Gasteiger partial charge in [0.05, 0.1) is 6.16 Å². The van der Waals surface area contributed by atoms with Gasteiger partial charge in [0.1, 0.15) is 5.60 Å². The molecule has 108 valence electrons. The molecule has 0 aromatic carbocycles. The summed E-state index contributed by atoms with van der Waals surface area (Å²) in [5.74, 6) is 0. The standard InChI is InChI=1S/C10H23N2O5P/c1-10(2,3)17-9(13)12-6-4-5-11-7-8-18(14,15)16/h11H,4-8H2,1-3H3,(H,12,13)(H2,14,15,16). The first-order valence-electron chi connectivity index (χ1n) is 5.82. The number of carbonyl (C=O) groups is 1. The van der Waals surface area contributed by atoms with Crippen molar-refractivity contribution in [2.24, 2.45) is 0 Å². The maximum atomic E-state index is 11.2. The molecule has 0 aliphatic heterocycles. The van der Waals surface area contributed by atoms with Crippen LogP contribution in [0.3, 0.4) is 0 Å². The fraction of sp³-hybridized carbons (Fsp3) is 0.900. The van der Waals surface area contributed by atoms with Gasteiger partial charge in [-0.1, -0.05) is 0 Å². The molecule has 0 rings (SSSR count). The normalized spacial score (nSPS) is 12.3. The van der Waals surface area contributed by atoms with E-state index in [0.717, 1.165) is 0 Å². The van der Waals surface area contributed by atoms with Crippen molar-refractivity contribution in [1.82, 2.24) is 10.6 Å². The molecule has 0 aliphatic carbocycles. The summed E-state index contributed by atoms with van der Waals surface area (Å²) in [5.41, 5.74) is -0.508. The van der Waals surface area contributed by atoms with E-state index >= 15 is 0 Å². The first kappa shape index (κ1) is 17.4. The SMILES string of the molecule is CC(C)(C)OC(=O)NCCCNCCP(=O)(O)O. The van der Waals surface area contributed by atoms with Crippen LogP contribution < -0.4 is 10.6 Å². The van der Waals surface area contributed by atoms with E-state index < -0.39 is 19.3 Å². The molecule has 0 fully saturated rings. The predicted molar refractivity (Wildman–Crippen MR) is 68.6 cm³/mol. The van der Waals surface area contributed by atoms with Crippen LogP contribution in [0.2, 0.25) is 0 Å². The van der Waals surface area contributed by atoms with Crippen LogP contribution in [0.15, 0.2) is 0 Å². The van der Waals surface area contributed by atoms with Gasteiger partial charge in [0.2, 0.25) is 0 Å². The molecular weight excluding hydrogens is 259 g/mol. The Morgan fingerprint density at radius 2 is 1.83 bits per heavy atom. The second-order valence-corrected chi connectivity index (χ2v) is 6.70. The maximum Gasteiger partial charge on any atom is 0.407 e. The molecule has 0 spiro atoms. The van der Waals surface area contributed by atoms with E-state index in [2.05, 4.69) is 10.6 Å². The number of alkyl carbamates (subject to hydrolysis) is 1. The third-order valence-electron chi connectivity index (χ3n) is 1.78. The number of ether oxygens (including phenoxy) is 1. The highest BCUT2D eigenvalue weighted by molar-refractivity contribution is 7.51. The monoisotopic (exact) mass is 282 g/mol. The van der Waals surface area contributed by atoms with Crippen molar-refractivity contribution in [3.63, 3.8) is 0 Å². The van der Waals surface area contributed by atoms with Gasteiger partial charge in [0.15, 0.2) is 0 Å². The Hall–Kier alpha value is -0.620. The maximum absolute atomic E-state index is 11.2. The predicted octanol–water partition coefficient (Wildman–Crippen LogP) is 0.668. The largest absolute Gasteiger partial charge is 0.444 e. The third-order valence-corrected chi connectivity index (χ3v) is 2.58. The summed E-state index contributed by atoms with van der Waals surface area (Å²) >= 11 is 0. The molecule has 0 saturated carbocycles. The van der Waals surface area contributed by atoms with Crippen LogP contribution >= 0.6 is 7.60 Å². The molecule has 0 heterocycles. The van der Waals surface area contributed by atoms with Crippen molar-refractivity contribution in [3.05, 3.63) is 0 Å². The Morgan fingerprint density at radius 3 is 2.33 bits per heavy atom. The van der Waals surface area contributed by atoms with Crippen molar-refractivity contribution in [2.45, 2.75) is 32.8 Å². The van der Waals surface area contributed by atoms with Gasteiger partial charge in [0.25, 0.3) is 0 Å². The smallest absolute Gasteiger partial charge is 0.407 e. The molecule has 0 aliphatic rings. The number of rotatable bonds is 7. The Bertz CT molecular complexity index is 297. The second-order valence-electron chi connectivity index (χ2n) is 4.92. The minimum atomic E-state index is -3.91. The molecule has 0 unspecified atom stereocenters. The quantitative estimate of drug-likeness (QED) is 0.404. The molecule has 0 saturated heterocycles. The first-order valence-corrected chi connectivity index (χ1v) is 7.62. The van der Waals surface area contributed by atoms with Gasteiger partial charge < -0.3 is 25.2 Å². The van der Waals surface area contributed by atoms with Crippen molar-refractivity contribution >= 4 is 13.7 Å². The van der Waals surface area contributed by atoms with Gasteiger partial charge in [-0.3, -0.25) is 4.57 Å². The summed E-state index contributed by atoms with van der Waals surface area (Å²) in [7, 11) is -3.91. The van der Waals surface area contributed by atoms with Crippen LogP contribution in [0.5, 0.6) is 0 Å². The molecule has 18 heavy (non-hydrogen) atoms. The molecule has 0 aromatic rings. The minimum absolute atomic E-state index is 0.174. The minimum Gasteiger partial charge on any atom is -0.444 e. The number of hydrogen-bond acceptors (Lipinski definition) is 4. The van der Waals surface area contributed by atoms with Gasteiger partial charge in [-0.15, -0.1) is 0 Å². The number of nitrogens with one attached hydrogen (secondary N) is 2. The van der Waals surface area contributed by atoms with E-state index in [1.807, 2.05) is 0 Å². The Kier molecular flexibility index (Phi) is 7.47. The molecule has 7 nitrogen and oxygen atoms in total. The summed E-state index contributed by atoms with van der Waals surface area (Å²) in [6.07, 6.45) is 0.0325. The lowest BCUT2D eigenvalue weighted by Gasteiger charge is -2.19. The van der Waals surface area contributed by atoms with Crippen LogP contribution in [-0.4, -0.2) is 47.3 Å². The number of hydrogen-bond donors (Lipinski definition) is 4. The lowest BCUT2D eigenvalue weighted by molar-refractivity contribution is 0.0527. The molecule has 0 radical (unpaired) electrons. The van der Waals surface area contributed by atoms with Gasteiger partial charge in [-0.25, -0.2) is 4.79 Å². The zero-order valence-corrected chi connectivity index (χ0v) is 12.0. The lowest BCUT2D eigenvalue weighted by Crippen LogP contribution is -2.34. The highest BCUT2D eigenvalue weighted by Gasteiger charge is 2.15. The van der Waals surface area contributed by atoms with E-state index in [0.29, 0.717) is 19.5 Å². The Balaban J connectivity index is 3.41. The van der Waals surface area contributed by atoms with Crippen LogP contribution in [-0.2, 0) is 9.30 Å². The second kappa shape index (κ2) is 7.74. The Morgan fingerprint density at radius 1 is 1.22 bits per heavy atom. The summed E-state index contributed by atoms with van der Waals surface area (Å²) in [6, 6.07) is 0. The first-order chi connectivity index (χ1) is 8.10. The van der Waals surface area contributed by atoms with Crippen LogP contribution in [0.4, 0.5) is 4.79 Å². The molecule has 4 N–H and O–H groups in total. The molecule has 0 bridgehead atoms. The molecule has 8 heteroatoms. The average molecular weight is 282 g/mol. The zero-order chi connectivity index (χ0) is 14.2. The van der Waals surface area contributed by atoms with E-state index in [1.54, 1.807) is 20.8 Å². The highest BCUT2D eigenvalue weighted by atomic mass is 31.2. The molecular formula is C10H23N2O5P. The Labute approximate surface area is 107 Å². The van der Waals surface area contributed by atoms with Gasteiger partial charge >= 0.3 is 13.7 Å². The summed E-state index contributed by atoms with van der Waals surface area (Å²) in [4.78, 5) is 28.4. The van der Waals surface area contributed by atoms with Crippen LogP contribution in [0.1, 0.15) is 27.2 Å². The average Bonchev–Trinajstić information content (AvgIpc) is 2.11. The van der Waals surface area contributed by atoms with Gasteiger partial charge in [-0.05, 0) is 33.7 Å². The lowest BCUT2D eigenvalue weighted by atomic mass is 10.2. The van der Waals surface area contributed by atoms with Crippen molar-refractivity contribution in [2.75, 3.05) is 25.8 Å².